The van der Waals surface area contributed by atoms with Gasteiger partial charge in [0.2, 0.25) is 0 Å². The maximum absolute atomic E-state index is 12.2. The number of para-hydroxylation sites is 1. The summed E-state index contributed by atoms with van der Waals surface area (Å²) >= 11 is 0. The van der Waals surface area contributed by atoms with Crippen LogP contribution in [0.3, 0.4) is 0 Å². The SMILES string of the molecule is CC(C)NC(=O)N1CCC(C2C(Oc3ccccc3)CN2C(C)C)CC1. The Morgan fingerprint density at radius 3 is 2.35 bits per heavy atom. The third kappa shape index (κ3) is 4.32. The van der Waals surface area contributed by atoms with E-state index in [1.54, 1.807) is 0 Å². The van der Waals surface area contributed by atoms with Crippen LogP contribution in [-0.2, 0) is 0 Å². The number of nitrogens with one attached hydrogen (secondary N) is 1. The van der Waals surface area contributed by atoms with Gasteiger partial charge in [0.25, 0.3) is 0 Å². The fraction of sp³-hybridized carbons (Fsp3) is 0.667. The Hall–Kier alpha value is -1.75. The molecule has 2 fully saturated rings. The topological polar surface area (TPSA) is 44.8 Å². The molecule has 5 heteroatoms. The van der Waals surface area contributed by atoms with Crippen molar-refractivity contribution in [3.8, 4) is 5.75 Å². The van der Waals surface area contributed by atoms with Crippen molar-refractivity contribution in [2.75, 3.05) is 19.6 Å². The van der Waals surface area contributed by atoms with Crippen molar-refractivity contribution in [2.24, 2.45) is 5.92 Å². The minimum Gasteiger partial charge on any atom is -0.487 e. The highest BCUT2D eigenvalue weighted by Crippen LogP contribution is 2.36. The fourth-order valence-corrected chi connectivity index (χ4v) is 4.21. The lowest BCUT2D eigenvalue weighted by atomic mass is 9.79. The molecular weight excluding hydrogens is 326 g/mol. The number of carbonyl (C=O) groups is 1. The Labute approximate surface area is 157 Å². The van der Waals surface area contributed by atoms with E-state index in [4.69, 9.17) is 4.74 Å². The molecule has 0 spiro atoms. The van der Waals surface area contributed by atoms with Crippen LogP contribution in [0.15, 0.2) is 30.3 Å². The summed E-state index contributed by atoms with van der Waals surface area (Å²) in [5.74, 6) is 1.54. The number of nitrogens with zero attached hydrogens (tertiary/aromatic N) is 2. The highest BCUT2D eigenvalue weighted by atomic mass is 16.5. The number of hydrogen-bond acceptors (Lipinski definition) is 3. The number of carbonyl (C=O) groups excluding carboxylic acids is 1. The molecule has 2 unspecified atom stereocenters. The largest absolute Gasteiger partial charge is 0.487 e. The molecule has 0 radical (unpaired) electrons. The number of amides is 2. The first-order valence-corrected chi connectivity index (χ1v) is 9.98. The zero-order valence-corrected chi connectivity index (χ0v) is 16.5. The Morgan fingerprint density at radius 2 is 1.77 bits per heavy atom. The molecule has 1 aromatic rings. The van der Waals surface area contributed by atoms with E-state index >= 15 is 0 Å². The molecule has 0 aromatic heterocycles. The van der Waals surface area contributed by atoms with Crippen LogP contribution in [-0.4, -0.2) is 59.7 Å². The first-order chi connectivity index (χ1) is 12.5. The summed E-state index contributed by atoms with van der Waals surface area (Å²) in [6, 6.07) is 11.4. The average Bonchev–Trinajstić information content (AvgIpc) is 2.59. The van der Waals surface area contributed by atoms with E-state index in [2.05, 4.69) is 24.1 Å². The van der Waals surface area contributed by atoms with E-state index in [1.165, 1.54) is 0 Å². The lowest BCUT2D eigenvalue weighted by Crippen LogP contribution is -2.68. The molecule has 1 N–H and O–H groups in total. The molecule has 0 aliphatic carbocycles. The number of piperidine rings is 1. The van der Waals surface area contributed by atoms with E-state index in [1.807, 2.05) is 49.1 Å². The van der Waals surface area contributed by atoms with Crippen molar-refractivity contribution < 1.29 is 9.53 Å². The number of ether oxygens (including phenoxy) is 1. The molecule has 0 bridgehead atoms. The number of benzene rings is 1. The lowest BCUT2D eigenvalue weighted by molar-refractivity contribution is -0.0981. The van der Waals surface area contributed by atoms with Crippen LogP contribution < -0.4 is 10.1 Å². The number of rotatable bonds is 5. The molecule has 2 saturated heterocycles. The number of urea groups is 1. The molecular formula is C21H33N3O2. The predicted octanol–water partition coefficient (Wildman–Crippen LogP) is 3.36. The van der Waals surface area contributed by atoms with Gasteiger partial charge in [0, 0.05) is 31.7 Å². The van der Waals surface area contributed by atoms with Crippen LogP contribution in [0.2, 0.25) is 0 Å². The Bertz CT molecular complexity index is 582. The second-order valence-corrected chi connectivity index (χ2v) is 8.18. The zero-order valence-electron chi connectivity index (χ0n) is 16.5. The lowest BCUT2D eigenvalue weighted by Gasteiger charge is -2.54. The van der Waals surface area contributed by atoms with Crippen LogP contribution >= 0.6 is 0 Å². The van der Waals surface area contributed by atoms with Crippen LogP contribution in [0.1, 0.15) is 40.5 Å². The summed E-state index contributed by atoms with van der Waals surface area (Å²) in [6.45, 7) is 11.2. The molecule has 0 saturated carbocycles. The third-order valence-corrected chi connectivity index (χ3v) is 5.57. The van der Waals surface area contributed by atoms with Gasteiger partial charge in [-0.15, -0.1) is 0 Å². The van der Waals surface area contributed by atoms with E-state index < -0.39 is 0 Å². The van der Waals surface area contributed by atoms with E-state index in [0.29, 0.717) is 18.0 Å². The highest BCUT2D eigenvalue weighted by molar-refractivity contribution is 5.74. The van der Waals surface area contributed by atoms with Gasteiger partial charge in [0.05, 0.1) is 6.04 Å². The monoisotopic (exact) mass is 359 g/mol. The summed E-state index contributed by atoms with van der Waals surface area (Å²) in [7, 11) is 0. The summed E-state index contributed by atoms with van der Waals surface area (Å²) in [6.07, 6.45) is 2.35. The van der Waals surface area contributed by atoms with Gasteiger partial charge in [-0.3, -0.25) is 4.90 Å². The molecule has 2 amide bonds. The molecule has 2 aliphatic rings. The van der Waals surface area contributed by atoms with Crippen LogP contribution in [0.5, 0.6) is 5.75 Å². The standard InChI is InChI=1S/C21H33N3O2/c1-15(2)22-21(25)23-12-10-17(11-13-23)20-19(14-24(20)16(3)4)26-18-8-6-5-7-9-18/h5-9,15-17,19-20H,10-14H2,1-4H3,(H,22,25). The molecule has 144 valence electrons. The molecule has 1 aromatic carbocycles. The molecule has 5 nitrogen and oxygen atoms in total. The smallest absolute Gasteiger partial charge is 0.317 e. The van der Waals surface area contributed by atoms with Gasteiger partial charge in [-0.05, 0) is 58.6 Å². The van der Waals surface area contributed by atoms with Gasteiger partial charge < -0.3 is 15.0 Å². The van der Waals surface area contributed by atoms with Crippen LogP contribution in [0, 0.1) is 5.92 Å². The van der Waals surface area contributed by atoms with Gasteiger partial charge in [-0.1, -0.05) is 18.2 Å². The highest BCUT2D eigenvalue weighted by Gasteiger charge is 2.47. The summed E-state index contributed by atoms with van der Waals surface area (Å²) in [5, 5.41) is 3.00. The maximum atomic E-state index is 12.2. The Morgan fingerprint density at radius 1 is 1.12 bits per heavy atom. The van der Waals surface area contributed by atoms with Crippen molar-refractivity contribution >= 4 is 6.03 Å². The van der Waals surface area contributed by atoms with E-state index in [-0.39, 0.29) is 18.2 Å². The summed E-state index contributed by atoms with van der Waals surface area (Å²) in [4.78, 5) is 16.7. The van der Waals surface area contributed by atoms with Gasteiger partial charge >= 0.3 is 6.03 Å². The van der Waals surface area contributed by atoms with Gasteiger partial charge in [0.15, 0.2) is 0 Å². The number of likely N-dealkylation sites (tertiary alicyclic amines) is 2. The normalized spacial score (nSPS) is 24.6. The molecule has 2 heterocycles. The Kier molecular flexibility index (Phi) is 6.07. The van der Waals surface area contributed by atoms with Crippen LogP contribution in [0.25, 0.3) is 0 Å². The predicted molar refractivity (Wildman–Crippen MR) is 104 cm³/mol. The molecule has 2 atom stereocenters. The Balaban J connectivity index is 1.59. The van der Waals surface area contributed by atoms with Crippen molar-refractivity contribution in [1.29, 1.82) is 0 Å². The first kappa shape index (κ1) is 19.0. The maximum Gasteiger partial charge on any atom is 0.317 e. The second-order valence-electron chi connectivity index (χ2n) is 8.18. The minimum absolute atomic E-state index is 0.0739. The van der Waals surface area contributed by atoms with E-state index in [0.717, 1.165) is 38.2 Å². The minimum atomic E-state index is 0.0739. The fourth-order valence-electron chi connectivity index (χ4n) is 4.21. The van der Waals surface area contributed by atoms with Gasteiger partial charge in [-0.2, -0.15) is 0 Å². The number of hydrogen-bond donors (Lipinski definition) is 1. The van der Waals surface area contributed by atoms with Crippen molar-refractivity contribution in [3.63, 3.8) is 0 Å². The second kappa shape index (κ2) is 8.30. The van der Waals surface area contributed by atoms with E-state index in [9.17, 15) is 4.79 Å². The van der Waals surface area contributed by atoms with Crippen LogP contribution in [0.4, 0.5) is 4.79 Å². The first-order valence-electron chi connectivity index (χ1n) is 9.98. The summed E-state index contributed by atoms with van der Waals surface area (Å²) < 4.78 is 6.29. The molecule has 3 rings (SSSR count). The van der Waals surface area contributed by atoms with Gasteiger partial charge in [0.1, 0.15) is 11.9 Å². The van der Waals surface area contributed by atoms with Crippen molar-refractivity contribution in [2.45, 2.75) is 64.8 Å². The third-order valence-electron chi connectivity index (χ3n) is 5.57. The molecule has 2 aliphatic heterocycles. The van der Waals surface area contributed by atoms with Gasteiger partial charge in [-0.25, -0.2) is 4.79 Å². The zero-order chi connectivity index (χ0) is 18.7. The summed E-state index contributed by atoms with van der Waals surface area (Å²) in [5.41, 5.74) is 0. The van der Waals surface area contributed by atoms with Crippen molar-refractivity contribution in [3.05, 3.63) is 30.3 Å². The molecule has 26 heavy (non-hydrogen) atoms. The van der Waals surface area contributed by atoms with Crippen molar-refractivity contribution in [1.82, 2.24) is 15.1 Å². The quantitative estimate of drug-likeness (QED) is 0.877. The average molecular weight is 360 g/mol.